The van der Waals surface area contributed by atoms with E-state index in [1.807, 2.05) is 31.2 Å². The number of carbonyl (C=O) groups is 1. The van der Waals surface area contributed by atoms with E-state index in [1.165, 1.54) is 4.90 Å². The molecule has 4 N–H and O–H groups in total. The second-order valence-electron chi connectivity index (χ2n) is 4.99. The van der Waals surface area contributed by atoms with Gasteiger partial charge in [-0.1, -0.05) is 12.1 Å². The van der Waals surface area contributed by atoms with E-state index in [2.05, 4.69) is 30.3 Å². The maximum absolute atomic E-state index is 11.6. The summed E-state index contributed by atoms with van der Waals surface area (Å²) in [4.78, 5) is 12.9. The third-order valence-corrected chi connectivity index (χ3v) is 2.83. The van der Waals surface area contributed by atoms with E-state index in [4.69, 9.17) is 17.0 Å². The lowest BCUT2D eigenvalue weighted by atomic mass is 10.2. The zero-order valence-electron chi connectivity index (χ0n) is 12.7. The Kier molecular flexibility index (Phi) is 7.49. The van der Waals surface area contributed by atoms with Crippen molar-refractivity contribution in [2.24, 2.45) is 0 Å². The quantitative estimate of drug-likeness (QED) is 0.401. The van der Waals surface area contributed by atoms with E-state index in [0.717, 1.165) is 18.7 Å². The molecular formula is C14H23N4O2S+. The lowest BCUT2D eigenvalue weighted by Gasteiger charge is -2.13. The Morgan fingerprint density at radius 1 is 1.33 bits per heavy atom. The molecule has 0 spiro atoms. The molecule has 0 aromatic heterocycles. The molecule has 0 saturated heterocycles. The summed E-state index contributed by atoms with van der Waals surface area (Å²) in [5, 5.41) is 3.38. The fourth-order valence-corrected chi connectivity index (χ4v) is 1.64. The first-order valence-electron chi connectivity index (χ1n) is 6.78. The molecule has 0 aliphatic rings. The fourth-order valence-electron chi connectivity index (χ4n) is 1.49. The topological polar surface area (TPSA) is 66.8 Å². The third-order valence-electron chi connectivity index (χ3n) is 2.59. The summed E-state index contributed by atoms with van der Waals surface area (Å²) in [5.74, 6) is 0.374. The van der Waals surface area contributed by atoms with Crippen LogP contribution >= 0.6 is 12.2 Å². The SMILES string of the molecule is Cc1cccc(OCC(=O)NNC(=S)NCC[NH+](C)C)c1. The summed E-state index contributed by atoms with van der Waals surface area (Å²) in [6.45, 7) is 3.57. The molecule has 0 atom stereocenters. The molecule has 1 amide bonds. The molecule has 0 bridgehead atoms. The van der Waals surface area contributed by atoms with Crippen LogP contribution in [-0.4, -0.2) is 44.8 Å². The Balaban J connectivity index is 2.17. The minimum absolute atomic E-state index is 0.0685. The molecule has 0 aliphatic heterocycles. The summed E-state index contributed by atoms with van der Waals surface area (Å²) in [6.07, 6.45) is 0. The van der Waals surface area contributed by atoms with Gasteiger partial charge in [0.1, 0.15) is 5.75 Å². The van der Waals surface area contributed by atoms with Gasteiger partial charge in [-0.2, -0.15) is 0 Å². The summed E-state index contributed by atoms with van der Waals surface area (Å²) in [7, 11) is 4.12. The molecular weight excluding hydrogens is 288 g/mol. The molecule has 0 heterocycles. The van der Waals surface area contributed by atoms with Gasteiger partial charge in [0, 0.05) is 0 Å². The number of aryl methyl sites for hydroxylation is 1. The van der Waals surface area contributed by atoms with Crippen LogP contribution in [0.5, 0.6) is 5.75 Å². The van der Waals surface area contributed by atoms with Gasteiger partial charge in [0.25, 0.3) is 5.91 Å². The minimum atomic E-state index is -0.293. The van der Waals surface area contributed by atoms with Gasteiger partial charge in [0.05, 0.1) is 27.2 Å². The maximum Gasteiger partial charge on any atom is 0.276 e. The van der Waals surface area contributed by atoms with E-state index in [1.54, 1.807) is 0 Å². The standard InChI is InChI=1S/C14H22N4O2S/c1-11-5-4-6-12(9-11)20-10-13(19)16-17-14(21)15-7-8-18(2)3/h4-6,9H,7-8,10H2,1-3H3,(H,16,19)(H2,15,17,21)/p+1. The number of likely N-dealkylation sites (N-methyl/N-ethyl adjacent to an activating group) is 1. The van der Waals surface area contributed by atoms with Gasteiger partial charge >= 0.3 is 0 Å². The van der Waals surface area contributed by atoms with E-state index < -0.39 is 0 Å². The van der Waals surface area contributed by atoms with E-state index >= 15 is 0 Å². The molecule has 7 heteroatoms. The van der Waals surface area contributed by atoms with Crippen LogP contribution in [0.25, 0.3) is 0 Å². The molecule has 116 valence electrons. The van der Waals surface area contributed by atoms with Crippen LogP contribution in [0.3, 0.4) is 0 Å². The molecule has 6 nitrogen and oxygen atoms in total. The molecule has 1 aromatic carbocycles. The van der Waals surface area contributed by atoms with E-state index in [9.17, 15) is 4.79 Å². The van der Waals surface area contributed by atoms with Crippen molar-refractivity contribution >= 4 is 23.2 Å². The first-order chi connectivity index (χ1) is 9.97. The predicted octanol–water partition coefficient (Wildman–Crippen LogP) is -0.986. The van der Waals surface area contributed by atoms with Crippen LogP contribution in [0.1, 0.15) is 5.56 Å². The number of carbonyl (C=O) groups excluding carboxylic acids is 1. The number of amides is 1. The monoisotopic (exact) mass is 311 g/mol. The molecule has 0 saturated carbocycles. The summed E-state index contributed by atoms with van der Waals surface area (Å²) < 4.78 is 5.37. The van der Waals surface area contributed by atoms with Crippen molar-refractivity contribution < 1.29 is 14.4 Å². The molecule has 1 rings (SSSR count). The van der Waals surface area contributed by atoms with Crippen LogP contribution in [0, 0.1) is 6.92 Å². The Hall–Kier alpha value is -1.86. The van der Waals surface area contributed by atoms with Crippen molar-refractivity contribution in [3.05, 3.63) is 29.8 Å². The van der Waals surface area contributed by atoms with Crippen molar-refractivity contribution in [1.29, 1.82) is 0 Å². The second-order valence-corrected chi connectivity index (χ2v) is 5.40. The number of hydrogen-bond acceptors (Lipinski definition) is 3. The molecule has 21 heavy (non-hydrogen) atoms. The molecule has 0 fully saturated rings. The van der Waals surface area contributed by atoms with Crippen molar-refractivity contribution in [1.82, 2.24) is 16.2 Å². The fraction of sp³-hybridized carbons (Fsp3) is 0.429. The number of hydrazine groups is 1. The van der Waals surface area contributed by atoms with Crippen molar-refractivity contribution in [3.8, 4) is 5.75 Å². The molecule has 0 unspecified atom stereocenters. The first-order valence-corrected chi connectivity index (χ1v) is 7.19. The number of benzene rings is 1. The number of rotatable bonds is 6. The smallest absolute Gasteiger partial charge is 0.276 e. The largest absolute Gasteiger partial charge is 0.484 e. The van der Waals surface area contributed by atoms with Crippen molar-refractivity contribution in [3.63, 3.8) is 0 Å². The van der Waals surface area contributed by atoms with Gasteiger partial charge in [-0.15, -0.1) is 0 Å². The highest BCUT2D eigenvalue weighted by molar-refractivity contribution is 7.80. The number of thiocarbonyl (C=S) groups is 1. The van der Waals surface area contributed by atoms with Gasteiger partial charge in [-0.3, -0.25) is 15.6 Å². The summed E-state index contributed by atoms with van der Waals surface area (Å²) in [5.41, 5.74) is 6.20. The number of ether oxygens (including phenoxy) is 1. The van der Waals surface area contributed by atoms with Crippen LogP contribution in [-0.2, 0) is 4.79 Å². The average Bonchev–Trinajstić information content (AvgIpc) is 2.42. The zero-order chi connectivity index (χ0) is 15.7. The normalized spacial score (nSPS) is 10.1. The number of quaternary nitrogens is 1. The third kappa shape index (κ3) is 8.11. The molecule has 0 radical (unpaired) electrons. The zero-order valence-corrected chi connectivity index (χ0v) is 13.5. The maximum atomic E-state index is 11.6. The average molecular weight is 311 g/mol. The summed E-state index contributed by atoms with van der Waals surface area (Å²) >= 11 is 5.03. The second kappa shape index (κ2) is 9.15. The van der Waals surface area contributed by atoms with Gasteiger partial charge in [0.15, 0.2) is 11.7 Å². The highest BCUT2D eigenvalue weighted by atomic mass is 32.1. The van der Waals surface area contributed by atoms with Crippen LogP contribution < -0.4 is 25.8 Å². The lowest BCUT2D eigenvalue weighted by Crippen LogP contribution is -3.06. The van der Waals surface area contributed by atoms with Crippen molar-refractivity contribution in [2.75, 3.05) is 33.8 Å². The number of hydrogen-bond donors (Lipinski definition) is 4. The molecule has 1 aromatic rings. The van der Waals surface area contributed by atoms with E-state index in [-0.39, 0.29) is 12.5 Å². The van der Waals surface area contributed by atoms with Crippen molar-refractivity contribution in [2.45, 2.75) is 6.92 Å². The van der Waals surface area contributed by atoms with Gasteiger partial charge in [-0.05, 0) is 36.8 Å². The Bertz CT molecular complexity index is 480. The van der Waals surface area contributed by atoms with E-state index in [0.29, 0.717) is 10.9 Å². The van der Waals surface area contributed by atoms with Crippen LogP contribution in [0.15, 0.2) is 24.3 Å². The van der Waals surface area contributed by atoms with Gasteiger partial charge in [0.2, 0.25) is 0 Å². The Morgan fingerprint density at radius 3 is 2.76 bits per heavy atom. The Morgan fingerprint density at radius 2 is 2.10 bits per heavy atom. The Labute approximate surface area is 130 Å². The predicted molar refractivity (Wildman–Crippen MR) is 86.2 cm³/mol. The minimum Gasteiger partial charge on any atom is -0.484 e. The highest BCUT2D eigenvalue weighted by Gasteiger charge is 2.03. The van der Waals surface area contributed by atoms with Gasteiger partial charge < -0.3 is 15.0 Å². The number of nitrogens with one attached hydrogen (secondary N) is 4. The highest BCUT2D eigenvalue weighted by Crippen LogP contribution is 2.11. The lowest BCUT2D eigenvalue weighted by molar-refractivity contribution is -0.856. The van der Waals surface area contributed by atoms with Gasteiger partial charge in [-0.25, -0.2) is 0 Å². The van der Waals surface area contributed by atoms with Crippen LogP contribution in [0.2, 0.25) is 0 Å². The van der Waals surface area contributed by atoms with Crippen LogP contribution in [0.4, 0.5) is 0 Å². The summed E-state index contributed by atoms with van der Waals surface area (Å²) in [6, 6.07) is 7.53. The first kappa shape index (κ1) is 17.2. The molecule has 0 aliphatic carbocycles.